The summed E-state index contributed by atoms with van der Waals surface area (Å²) in [6.07, 6.45) is 1.14. The molecule has 6 heteroatoms. The van der Waals surface area contributed by atoms with E-state index in [0.29, 0.717) is 6.61 Å². The molecular formula is C9H16O5S. The maximum absolute atomic E-state index is 8.53. The lowest BCUT2D eigenvalue weighted by atomic mass is 10.1. The summed E-state index contributed by atoms with van der Waals surface area (Å²) in [7, 11) is 3.14. The van der Waals surface area contributed by atoms with E-state index in [2.05, 4.69) is 12.6 Å². The number of aliphatic hydroxyl groups is 1. The van der Waals surface area contributed by atoms with Crippen LogP contribution in [-0.4, -0.2) is 49.7 Å². The van der Waals surface area contributed by atoms with Crippen LogP contribution >= 0.6 is 12.6 Å². The monoisotopic (exact) mass is 236 g/mol. The summed E-state index contributed by atoms with van der Waals surface area (Å²) in [6, 6.07) is 0. The molecule has 1 saturated heterocycles. The molecule has 1 aliphatic heterocycles. The molecule has 1 rings (SSSR count). The van der Waals surface area contributed by atoms with Crippen LogP contribution in [0, 0.1) is 0 Å². The Labute approximate surface area is 94.4 Å². The highest BCUT2D eigenvalue weighted by Crippen LogP contribution is 2.28. The lowest BCUT2D eigenvalue weighted by Gasteiger charge is -2.20. The Hall–Kier alpha value is -0.430. The summed E-state index contributed by atoms with van der Waals surface area (Å²) in [5.41, 5.74) is -0.354. The molecular weight excluding hydrogens is 220 g/mol. The van der Waals surface area contributed by atoms with E-state index < -0.39 is 0 Å². The van der Waals surface area contributed by atoms with Gasteiger partial charge in [-0.05, 0) is 0 Å². The Morgan fingerprint density at radius 1 is 1.40 bits per heavy atom. The van der Waals surface area contributed by atoms with Crippen LogP contribution in [0.5, 0.6) is 0 Å². The van der Waals surface area contributed by atoms with E-state index in [1.807, 2.05) is 0 Å². The molecule has 0 saturated carbocycles. The highest BCUT2D eigenvalue weighted by molar-refractivity contribution is 7.80. The normalized spacial score (nSPS) is 36.2. The summed E-state index contributed by atoms with van der Waals surface area (Å²) in [6.45, 7) is 0.390. The zero-order valence-electron chi connectivity index (χ0n) is 8.70. The van der Waals surface area contributed by atoms with Crippen molar-refractivity contribution in [3.05, 3.63) is 12.5 Å². The predicted molar refractivity (Wildman–Crippen MR) is 57.0 cm³/mol. The average molecular weight is 236 g/mol. The van der Waals surface area contributed by atoms with Crippen molar-refractivity contribution in [1.29, 1.82) is 0 Å². The molecule has 0 spiro atoms. The number of ether oxygens (including phenoxy) is 4. The van der Waals surface area contributed by atoms with Gasteiger partial charge in [0.15, 0.2) is 6.10 Å². The first kappa shape index (κ1) is 12.6. The topological polar surface area (TPSA) is 57.2 Å². The minimum atomic E-state index is -0.354. The van der Waals surface area contributed by atoms with Gasteiger partial charge in [0.05, 0.1) is 6.61 Å². The fourth-order valence-electron chi connectivity index (χ4n) is 1.55. The second kappa shape index (κ2) is 6.22. The van der Waals surface area contributed by atoms with Gasteiger partial charge in [-0.15, -0.1) is 12.6 Å². The van der Waals surface area contributed by atoms with Gasteiger partial charge in [-0.25, -0.2) is 0 Å². The third kappa shape index (κ3) is 3.01. The first-order valence-electron chi connectivity index (χ1n) is 4.54. The van der Waals surface area contributed by atoms with Crippen LogP contribution in [0.4, 0.5) is 0 Å². The lowest BCUT2D eigenvalue weighted by molar-refractivity contribution is -0.0322. The van der Waals surface area contributed by atoms with E-state index >= 15 is 0 Å². The van der Waals surface area contributed by atoms with Crippen LogP contribution in [0.25, 0.3) is 0 Å². The Kier molecular flexibility index (Phi) is 5.24. The molecule has 88 valence electrons. The van der Waals surface area contributed by atoms with Crippen molar-refractivity contribution in [3.63, 3.8) is 0 Å². The molecule has 1 N–H and O–H groups in total. The third-order valence-corrected chi connectivity index (χ3v) is 2.60. The summed E-state index contributed by atoms with van der Waals surface area (Å²) in [5, 5.41) is 8.53. The first-order valence-corrected chi connectivity index (χ1v) is 5.06. The number of aliphatic hydroxyl groups excluding tert-OH is 1. The largest absolute Gasteiger partial charge is 0.512 e. The fraction of sp³-hybridized carbons (Fsp3) is 0.778. The predicted octanol–water partition coefficient (Wildman–Crippen LogP) is 0.717. The molecule has 0 aromatic carbocycles. The van der Waals surface area contributed by atoms with Gasteiger partial charge in [0.2, 0.25) is 0 Å². The van der Waals surface area contributed by atoms with Gasteiger partial charge in [0.25, 0.3) is 0 Å². The van der Waals surface area contributed by atoms with Crippen molar-refractivity contribution >= 4 is 12.6 Å². The quantitative estimate of drug-likeness (QED) is 0.544. The smallest absolute Gasteiger partial charge is 0.156 e. The maximum atomic E-state index is 8.53. The van der Waals surface area contributed by atoms with Crippen molar-refractivity contribution in [2.24, 2.45) is 0 Å². The first-order chi connectivity index (χ1) is 7.24. The second-order valence-electron chi connectivity index (χ2n) is 3.11. The van der Waals surface area contributed by atoms with Gasteiger partial charge in [0.1, 0.15) is 30.2 Å². The van der Waals surface area contributed by atoms with Crippen molar-refractivity contribution in [2.75, 3.05) is 20.8 Å². The van der Waals surface area contributed by atoms with Crippen LogP contribution < -0.4 is 0 Å². The van der Waals surface area contributed by atoms with Crippen LogP contribution in [0.3, 0.4) is 0 Å². The van der Waals surface area contributed by atoms with Crippen molar-refractivity contribution in [1.82, 2.24) is 0 Å². The molecule has 0 radical (unpaired) electrons. The Morgan fingerprint density at radius 3 is 2.67 bits per heavy atom. The minimum Gasteiger partial charge on any atom is -0.512 e. The van der Waals surface area contributed by atoms with E-state index in [0.717, 1.165) is 6.26 Å². The third-order valence-electron chi connectivity index (χ3n) is 2.19. The summed E-state index contributed by atoms with van der Waals surface area (Å²) in [4.78, 5) is 0. The Morgan fingerprint density at radius 2 is 2.13 bits per heavy atom. The summed E-state index contributed by atoms with van der Waals surface area (Å²) < 4.78 is 21.0. The van der Waals surface area contributed by atoms with Crippen molar-refractivity contribution in [3.8, 4) is 0 Å². The molecule has 5 nitrogen and oxygen atoms in total. The number of thiol groups is 1. The molecule has 15 heavy (non-hydrogen) atoms. The number of rotatable bonds is 5. The van der Waals surface area contributed by atoms with E-state index in [-0.39, 0.29) is 23.7 Å². The Balaban J connectivity index is 2.63. The van der Waals surface area contributed by atoms with Gasteiger partial charge < -0.3 is 24.1 Å². The molecule has 1 heterocycles. The van der Waals surface area contributed by atoms with E-state index in [1.54, 1.807) is 14.2 Å². The summed E-state index contributed by atoms with van der Waals surface area (Å²) >= 11 is 4.23. The SMILES string of the molecule is COCC1OC(S)C(OC)C1OC=CO. The van der Waals surface area contributed by atoms with E-state index in [1.165, 1.54) is 6.26 Å². The zero-order chi connectivity index (χ0) is 11.3. The highest BCUT2D eigenvalue weighted by atomic mass is 32.1. The van der Waals surface area contributed by atoms with Crippen LogP contribution in [0.15, 0.2) is 12.5 Å². The van der Waals surface area contributed by atoms with E-state index in [4.69, 9.17) is 24.1 Å². The maximum Gasteiger partial charge on any atom is 0.156 e. The molecule has 0 amide bonds. The summed E-state index contributed by atoms with van der Waals surface area (Å²) in [5.74, 6) is 0. The minimum absolute atomic E-state index is 0.251. The molecule has 4 unspecified atom stereocenters. The fourth-order valence-corrected chi connectivity index (χ4v) is 2.00. The van der Waals surface area contributed by atoms with Gasteiger partial charge in [-0.1, -0.05) is 0 Å². The molecule has 0 aromatic heterocycles. The number of methoxy groups -OCH3 is 2. The van der Waals surface area contributed by atoms with Gasteiger partial charge >= 0.3 is 0 Å². The van der Waals surface area contributed by atoms with Crippen molar-refractivity contribution < 1.29 is 24.1 Å². The van der Waals surface area contributed by atoms with Crippen LogP contribution in [0.2, 0.25) is 0 Å². The van der Waals surface area contributed by atoms with Crippen LogP contribution in [-0.2, 0) is 18.9 Å². The van der Waals surface area contributed by atoms with Crippen molar-refractivity contribution in [2.45, 2.75) is 23.7 Å². The molecule has 0 bridgehead atoms. The molecule has 1 fully saturated rings. The standard InChI is InChI=1S/C9H16O5S/c1-11-5-6-7(13-4-3-10)8(12-2)9(15)14-6/h3-4,6-10,15H,5H2,1-2H3. The molecule has 4 atom stereocenters. The molecule has 0 aliphatic carbocycles. The second-order valence-corrected chi connectivity index (χ2v) is 3.62. The average Bonchev–Trinajstić information content (AvgIpc) is 2.52. The zero-order valence-corrected chi connectivity index (χ0v) is 9.59. The number of hydrogen-bond acceptors (Lipinski definition) is 6. The number of hydrogen-bond donors (Lipinski definition) is 2. The Bertz CT molecular complexity index is 211. The van der Waals surface area contributed by atoms with E-state index in [9.17, 15) is 0 Å². The molecule has 0 aromatic rings. The van der Waals surface area contributed by atoms with Gasteiger partial charge in [-0.2, -0.15) is 0 Å². The lowest BCUT2D eigenvalue weighted by Crippen LogP contribution is -2.36. The molecule has 1 aliphatic rings. The van der Waals surface area contributed by atoms with Crippen LogP contribution in [0.1, 0.15) is 0 Å². The highest BCUT2D eigenvalue weighted by Gasteiger charge is 2.44. The van der Waals surface area contributed by atoms with Gasteiger partial charge in [-0.3, -0.25) is 0 Å². The van der Waals surface area contributed by atoms with Gasteiger partial charge in [0, 0.05) is 14.2 Å².